The van der Waals surface area contributed by atoms with Gasteiger partial charge in [-0.25, -0.2) is 4.39 Å². The Bertz CT molecular complexity index is 809. The third kappa shape index (κ3) is 3.87. The largest absolute Gasteiger partial charge is 0.372 e. The summed E-state index contributed by atoms with van der Waals surface area (Å²) in [6, 6.07) is 12.5. The molecule has 1 amide bonds. The van der Waals surface area contributed by atoms with Crippen LogP contribution in [0.4, 0.5) is 21.5 Å². The van der Waals surface area contributed by atoms with Crippen LogP contribution in [0, 0.1) is 5.82 Å². The zero-order chi connectivity index (χ0) is 18.5. The third-order valence-corrected chi connectivity index (χ3v) is 4.37. The van der Waals surface area contributed by atoms with E-state index in [0.29, 0.717) is 16.8 Å². The van der Waals surface area contributed by atoms with Gasteiger partial charge in [-0.05, 0) is 55.3 Å². The second-order valence-corrected chi connectivity index (χ2v) is 6.38. The minimum atomic E-state index is -0.363. The number of amides is 1. The summed E-state index contributed by atoms with van der Waals surface area (Å²) in [7, 11) is 0. The van der Waals surface area contributed by atoms with Crippen LogP contribution in [0.5, 0.6) is 0 Å². The summed E-state index contributed by atoms with van der Waals surface area (Å²) in [5.74, 6) is -0.593. The smallest absolute Gasteiger partial charge is 0.257 e. The number of hydrogen-bond acceptors (Lipinski definition) is 3. The second kappa shape index (κ2) is 8.04. The normalized spacial score (nSPS) is 14.3. The van der Waals surface area contributed by atoms with E-state index in [0.717, 1.165) is 31.6 Å². The lowest BCUT2D eigenvalue weighted by Gasteiger charge is -2.23. The van der Waals surface area contributed by atoms with Crippen LogP contribution in [0.3, 0.4) is 0 Å². The van der Waals surface area contributed by atoms with Crippen LogP contribution < -0.4 is 15.5 Å². The van der Waals surface area contributed by atoms with Crippen molar-refractivity contribution in [2.45, 2.75) is 26.7 Å². The van der Waals surface area contributed by atoms with Crippen molar-refractivity contribution in [1.29, 1.82) is 0 Å². The van der Waals surface area contributed by atoms with Crippen molar-refractivity contribution in [3.63, 3.8) is 0 Å². The monoisotopic (exact) mass is 353 g/mol. The first-order valence-electron chi connectivity index (χ1n) is 9.05. The van der Waals surface area contributed by atoms with Gasteiger partial charge in [0.25, 0.3) is 5.91 Å². The van der Waals surface area contributed by atoms with Crippen molar-refractivity contribution in [2.24, 2.45) is 0 Å². The third-order valence-electron chi connectivity index (χ3n) is 4.37. The highest BCUT2D eigenvalue weighted by atomic mass is 19.1. The van der Waals surface area contributed by atoms with Gasteiger partial charge in [-0.3, -0.25) is 4.79 Å². The number of nitrogens with zero attached hydrogens (tertiary/aromatic N) is 1. The molecule has 1 heterocycles. The highest BCUT2D eigenvalue weighted by Crippen LogP contribution is 2.32. The molecule has 0 atom stereocenters. The molecule has 2 aromatic carbocycles. The van der Waals surface area contributed by atoms with Crippen molar-refractivity contribution >= 4 is 28.5 Å². The molecule has 5 heteroatoms. The fourth-order valence-corrected chi connectivity index (χ4v) is 3.14. The molecule has 0 radical (unpaired) electrons. The molecule has 26 heavy (non-hydrogen) atoms. The maximum atomic E-state index is 13.3. The molecule has 1 aliphatic heterocycles. The molecule has 136 valence electrons. The summed E-state index contributed by atoms with van der Waals surface area (Å²) in [4.78, 5) is 14.5. The number of carbonyl (C=O) groups excluding carboxylic acids is 1. The zero-order valence-corrected chi connectivity index (χ0v) is 15.2. The maximum absolute atomic E-state index is 13.3. The van der Waals surface area contributed by atoms with E-state index in [9.17, 15) is 9.18 Å². The molecule has 0 spiro atoms. The summed E-state index contributed by atoms with van der Waals surface area (Å²) in [5.41, 5.74) is 3.82. The average Bonchev–Trinajstić information content (AvgIpc) is 2.94. The summed E-state index contributed by atoms with van der Waals surface area (Å²) < 4.78 is 13.3. The van der Waals surface area contributed by atoms with Gasteiger partial charge in [-0.2, -0.15) is 0 Å². The van der Waals surface area contributed by atoms with Crippen molar-refractivity contribution in [3.8, 4) is 0 Å². The van der Waals surface area contributed by atoms with Crippen molar-refractivity contribution in [3.05, 3.63) is 60.0 Å². The number of hydrogen-bond donors (Lipinski definition) is 2. The molecule has 1 aliphatic rings. The predicted molar refractivity (Wildman–Crippen MR) is 106 cm³/mol. The van der Waals surface area contributed by atoms with E-state index < -0.39 is 0 Å². The van der Waals surface area contributed by atoms with Crippen LogP contribution in [0.1, 0.15) is 32.3 Å². The number of nitrogens with one attached hydrogen (secondary N) is 2. The summed E-state index contributed by atoms with van der Waals surface area (Å²) in [6.07, 6.45) is 3.90. The molecule has 0 unspecified atom stereocenters. The Labute approximate surface area is 153 Å². The molecule has 2 aromatic rings. The molecule has 3 rings (SSSR count). The maximum Gasteiger partial charge on any atom is 0.257 e. The van der Waals surface area contributed by atoms with Crippen LogP contribution in [-0.4, -0.2) is 19.0 Å². The molecular formula is C21H24FN3O. The minimum absolute atomic E-state index is 0.230. The van der Waals surface area contributed by atoms with Crippen LogP contribution in [0.15, 0.2) is 48.7 Å². The Morgan fingerprint density at radius 3 is 2.42 bits per heavy atom. The molecule has 0 saturated heterocycles. The second-order valence-electron chi connectivity index (χ2n) is 6.38. The van der Waals surface area contributed by atoms with Crippen LogP contribution in [0.25, 0.3) is 5.57 Å². The number of anilines is 3. The molecule has 2 N–H and O–H groups in total. The van der Waals surface area contributed by atoms with E-state index in [1.54, 1.807) is 12.3 Å². The van der Waals surface area contributed by atoms with E-state index in [2.05, 4.69) is 41.5 Å². The first-order valence-corrected chi connectivity index (χ1v) is 9.05. The van der Waals surface area contributed by atoms with Gasteiger partial charge in [0.1, 0.15) is 5.82 Å². The van der Waals surface area contributed by atoms with E-state index in [1.165, 1.54) is 17.8 Å². The minimum Gasteiger partial charge on any atom is -0.372 e. The fourth-order valence-electron chi connectivity index (χ4n) is 3.14. The Kier molecular flexibility index (Phi) is 5.56. The van der Waals surface area contributed by atoms with Gasteiger partial charge in [-0.15, -0.1) is 0 Å². The van der Waals surface area contributed by atoms with Gasteiger partial charge >= 0.3 is 0 Å². The van der Waals surface area contributed by atoms with Gasteiger partial charge < -0.3 is 15.5 Å². The molecule has 0 aromatic heterocycles. The number of benzene rings is 2. The fraction of sp³-hybridized carbons (Fsp3) is 0.286. The van der Waals surface area contributed by atoms with E-state index >= 15 is 0 Å². The van der Waals surface area contributed by atoms with Crippen LogP contribution >= 0.6 is 0 Å². The molecule has 4 nitrogen and oxygen atoms in total. The van der Waals surface area contributed by atoms with Gasteiger partial charge in [0, 0.05) is 36.2 Å². The molecule has 0 saturated carbocycles. The highest BCUT2D eigenvalue weighted by Gasteiger charge is 2.24. The predicted octanol–water partition coefficient (Wildman–Crippen LogP) is 4.86. The van der Waals surface area contributed by atoms with E-state index in [4.69, 9.17) is 0 Å². The molecule has 0 aliphatic carbocycles. The van der Waals surface area contributed by atoms with Gasteiger partial charge in [0.15, 0.2) is 0 Å². The van der Waals surface area contributed by atoms with E-state index in [1.807, 2.05) is 12.1 Å². The number of fused-ring (bicyclic) bond motifs is 1. The first kappa shape index (κ1) is 18.0. The number of halogens is 1. The average molecular weight is 353 g/mol. The highest BCUT2D eigenvalue weighted by molar-refractivity contribution is 6.31. The first-order chi connectivity index (χ1) is 12.6. The Balaban J connectivity index is 1.74. The number of rotatable bonds is 7. The van der Waals surface area contributed by atoms with Crippen LogP contribution in [0.2, 0.25) is 0 Å². The molecule has 0 bridgehead atoms. The topological polar surface area (TPSA) is 44.4 Å². The Morgan fingerprint density at radius 1 is 1.08 bits per heavy atom. The number of carbonyl (C=O) groups is 1. The van der Waals surface area contributed by atoms with Crippen LogP contribution in [-0.2, 0) is 4.79 Å². The van der Waals surface area contributed by atoms with Crippen molar-refractivity contribution in [2.75, 3.05) is 28.6 Å². The summed E-state index contributed by atoms with van der Waals surface area (Å²) >= 11 is 0. The van der Waals surface area contributed by atoms with Gasteiger partial charge in [-0.1, -0.05) is 13.8 Å². The zero-order valence-electron chi connectivity index (χ0n) is 15.2. The van der Waals surface area contributed by atoms with E-state index in [-0.39, 0.29) is 11.7 Å². The lowest BCUT2D eigenvalue weighted by Crippen LogP contribution is -2.24. The van der Waals surface area contributed by atoms with Crippen molar-refractivity contribution in [1.82, 2.24) is 0 Å². The summed E-state index contributed by atoms with van der Waals surface area (Å²) in [6.45, 7) is 6.44. The standard InChI is InChI=1S/C21H24FN3O/c1-3-11-25(12-4-2)17-8-6-16(7-9-17)23-14-19-18-10-5-15(22)13-20(18)24-21(19)26/h5-10,13-14,23H,3-4,11-12H2,1-2H3,(H,24,26)/b19-14+. The molecular weight excluding hydrogens is 329 g/mol. The van der Waals surface area contributed by atoms with Gasteiger partial charge in [0.05, 0.1) is 11.3 Å². The lowest BCUT2D eigenvalue weighted by molar-refractivity contribution is -0.110. The van der Waals surface area contributed by atoms with Gasteiger partial charge in [0.2, 0.25) is 0 Å². The Morgan fingerprint density at radius 2 is 1.77 bits per heavy atom. The molecule has 0 fully saturated rings. The summed E-state index contributed by atoms with van der Waals surface area (Å²) in [5, 5.41) is 5.85. The Hall–Kier alpha value is -2.82. The van der Waals surface area contributed by atoms with Crippen molar-refractivity contribution < 1.29 is 9.18 Å². The SMILES string of the molecule is CCCN(CCC)c1ccc(N/C=C2/C(=O)Nc3cc(F)ccc32)cc1. The quantitative estimate of drug-likeness (QED) is 0.699. The lowest BCUT2D eigenvalue weighted by atomic mass is 10.1.